The Morgan fingerprint density at radius 2 is 1.59 bits per heavy atom. The zero-order valence-corrected chi connectivity index (χ0v) is 15.5. The van der Waals surface area contributed by atoms with Crippen molar-refractivity contribution in [2.24, 2.45) is 0 Å². The van der Waals surface area contributed by atoms with E-state index in [1.165, 1.54) is 0 Å². The van der Waals surface area contributed by atoms with Crippen LogP contribution in [0.25, 0.3) is 0 Å². The highest BCUT2D eigenvalue weighted by Gasteiger charge is 2.22. The predicted octanol–water partition coefficient (Wildman–Crippen LogP) is 2.59. The second kappa shape index (κ2) is 9.07. The lowest BCUT2D eigenvalue weighted by atomic mass is 10.2. The van der Waals surface area contributed by atoms with E-state index in [1.54, 1.807) is 29.2 Å². The number of hydrogen-bond acceptors (Lipinski definition) is 5. The van der Waals surface area contributed by atoms with Crippen LogP contribution in [0.4, 0.5) is 5.69 Å². The maximum absolute atomic E-state index is 12.3. The first kappa shape index (κ1) is 18.8. The molecule has 2 aromatic rings. The number of nitrogens with zero attached hydrogens (tertiary/aromatic N) is 2. The second-order valence-corrected chi connectivity index (χ2v) is 6.24. The predicted molar refractivity (Wildman–Crippen MR) is 103 cm³/mol. The molecule has 27 heavy (non-hydrogen) atoms. The summed E-state index contributed by atoms with van der Waals surface area (Å²) in [6, 6.07) is 16.8. The van der Waals surface area contributed by atoms with Crippen LogP contribution < -0.4 is 9.64 Å². The number of benzene rings is 2. The SMILES string of the molecule is CCOc1ccc(C(=O)OCC(=O)N2CCN(c3ccccc3)CC2)cc1. The Morgan fingerprint density at radius 1 is 0.926 bits per heavy atom. The van der Waals surface area contributed by atoms with Crippen LogP contribution >= 0.6 is 0 Å². The lowest BCUT2D eigenvalue weighted by Crippen LogP contribution is -2.49. The minimum Gasteiger partial charge on any atom is -0.494 e. The molecule has 0 unspecified atom stereocenters. The highest BCUT2D eigenvalue weighted by molar-refractivity contribution is 5.91. The van der Waals surface area contributed by atoms with Gasteiger partial charge in [-0.1, -0.05) is 18.2 Å². The number of para-hydroxylation sites is 1. The number of hydrogen-bond donors (Lipinski definition) is 0. The third-order valence-electron chi connectivity index (χ3n) is 4.48. The van der Waals surface area contributed by atoms with Crippen LogP contribution in [0.3, 0.4) is 0 Å². The quantitative estimate of drug-likeness (QED) is 0.734. The summed E-state index contributed by atoms with van der Waals surface area (Å²) < 4.78 is 10.5. The lowest BCUT2D eigenvalue weighted by molar-refractivity contribution is -0.134. The van der Waals surface area contributed by atoms with Gasteiger partial charge in [-0.15, -0.1) is 0 Å². The molecule has 142 valence electrons. The van der Waals surface area contributed by atoms with E-state index in [0.29, 0.717) is 31.0 Å². The molecule has 0 saturated carbocycles. The number of carbonyl (C=O) groups is 2. The zero-order valence-electron chi connectivity index (χ0n) is 15.5. The number of rotatable bonds is 6. The van der Waals surface area contributed by atoms with Gasteiger partial charge in [0.1, 0.15) is 5.75 Å². The van der Waals surface area contributed by atoms with Crippen LogP contribution in [0.5, 0.6) is 5.75 Å². The van der Waals surface area contributed by atoms with Crippen molar-refractivity contribution in [1.29, 1.82) is 0 Å². The smallest absolute Gasteiger partial charge is 0.338 e. The van der Waals surface area contributed by atoms with Crippen molar-refractivity contribution < 1.29 is 19.1 Å². The van der Waals surface area contributed by atoms with Gasteiger partial charge in [0.25, 0.3) is 5.91 Å². The van der Waals surface area contributed by atoms with Crippen LogP contribution in [0, 0.1) is 0 Å². The Bertz CT molecular complexity index is 754. The first-order valence-corrected chi connectivity index (χ1v) is 9.15. The fourth-order valence-corrected chi connectivity index (χ4v) is 3.01. The van der Waals surface area contributed by atoms with E-state index in [9.17, 15) is 9.59 Å². The topological polar surface area (TPSA) is 59.1 Å². The Kier molecular flexibility index (Phi) is 6.30. The molecule has 0 radical (unpaired) electrons. The maximum atomic E-state index is 12.3. The second-order valence-electron chi connectivity index (χ2n) is 6.24. The Morgan fingerprint density at radius 3 is 2.22 bits per heavy atom. The first-order valence-electron chi connectivity index (χ1n) is 9.15. The molecule has 0 aliphatic carbocycles. The molecule has 0 spiro atoms. The molecule has 2 aromatic carbocycles. The number of anilines is 1. The summed E-state index contributed by atoms with van der Waals surface area (Å²) in [6.07, 6.45) is 0. The van der Waals surface area contributed by atoms with E-state index in [2.05, 4.69) is 17.0 Å². The van der Waals surface area contributed by atoms with Gasteiger partial charge in [0.2, 0.25) is 0 Å². The summed E-state index contributed by atoms with van der Waals surface area (Å²) in [5.74, 6) is 0.0257. The summed E-state index contributed by atoms with van der Waals surface area (Å²) in [5.41, 5.74) is 1.56. The molecule has 6 nitrogen and oxygen atoms in total. The van der Waals surface area contributed by atoms with Crippen molar-refractivity contribution in [3.63, 3.8) is 0 Å². The summed E-state index contributed by atoms with van der Waals surface area (Å²) >= 11 is 0. The monoisotopic (exact) mass is 368 g/mol. The standard InChI is InChI=1S/C21H24N2O4/c1-2-26-19-10-8-17(9-11-19)21(25)27-16-20(24)23-14-12-22(13-15-23)18-6-4-3-5-7-18/h3-11H,2,12-16H2,1H3. The van der Waals surface area contributed by atoms with E-state index < -0.39 is 5.97 Å². The van der Waals surface area contributed by atoms with Gasteiger partial charge in [0, 0.05) is 31.9 Å². The van der Waals surface area contributed by atoms with Crippen LogP contribution in [-0.4, -0.2) is 56.2 Å². The Hall–Kier alpha value is -3.02. The molecule has 1 heterocycles. The fourth-order valence-electron chi connectivity index (χ4n) is 3.01. The molecule has 0 bridgehead atoms. The average molecular weight is 368 g/mol. The fraction of sp³-hybridized carbons (Fsp3) is 0.333. The average Bonchev–Trinajstić information content (AvgIpc) is 2.73. The Balaban J connectivity index is 1.45. The van der Waals surface area contributed by atoms with E-state index in [0.717, 1.165) is 18.8 Å². The number of ether oxygens (including phenoxy) is 2. The van der Waals surface area contributed by atoms with Gasteiger partial charge in [0.15, 0.2) is 6.61 Å². The third-order valence-corrected chi connectivity index (χ3v) is 4.48. The third kappa shape index (κ3) is 5.00. The maximum Gasteiger partial charge on any atom is 0.338 e. The van der Waals surface area contributed by atoms with Crippen molar-refractivity contribution in [3.8, 4) is 5.75 Å². The van der Waals surface area contributed by atoms with E-state index >= 15 is 0 Å². The van der Waals surface area contributed by atoms with Gasteiger partial charge < -0.3 is 19.3 Å². The molecule has 1 saturated heterocycles. The lowest BCUT2D eigenvalue weighted by Gasteiger charge is -2.36. The van der Waals surface area contributed by atoms with Crippen molar-refractivity contribution in [2.45, 2.75) is 6.92 Å². The van der Waals surface area contributed by atoms with Gasteiger partial charge >= 0.3 is 5.97 Å². The van der Waals surface area contributed by atoms with Gasteiger partial charge in [-0.2, -0.15) is 0 Å². The van der Waals surface area contributed by atoms with Gasteiger partial charge in [-0.3, -0.25) is 4.79 Å². The molecule has 6 heteroatoms. The van der Waals surface area contributed by atoms with Crippen molar-refractivity contribution in [1.82, 2.24) is 4.90 Å². The molecule has 1 fully saturated rings. The van der Waals surface area contributed by atoms with Crippen molar-refractivity contribution in [2.75, 3.05) is 44.3 Å². The van der Waals surface area contributed by atoms with E-state index in [4.69, 9.17) is 9.47 Å². The normalized spacial score (nSPS) is 14.0. The van der Waals surface area contributed by atoms with Crippen LogP contribution in [-0.2, 0) is 9.53 Å². The van der Waals surface area contributed by atoms with Gasteiger partial charge in [-0.05, 0) is 43.3 Å². The molecule has 3 rings (SSSR count). The minimum atomic E-state index is -0.505. The summed E-state index contributed by atoms with van der Waals surface area (Å²) in [5, 5.41) is 0. The number of esters is 1. The van der Waals surface area contributed by atoms with Gasteiger partial charge in [0.05, 0.1) is 12.2 Å². The van der Waals surface area contributed by atoms with Crippen LogP contribution in [0.15, 0.2) is 54.6 Å². The summed E-state index contributed by atoms with van der Waals surface area (Å²) in [7, 11) is 0. The highest BCUT2D eigenvalue weighted by Crippen LogP contribution is 2.16. The number of piperazine rings is 1. The van der Waals surface area contributed by atoms with Crippen molar-refractivity contribution in [3.05, 3.63) is 60.2 Å². The minimum absolute atomic E-state index is 0.165. The van der Waals surface area contributed by atoms with Crippen LogP contribution in [0.1, 0.15) is 17.3 Å². The summed E-state index contributed by atoms with van der Waals surface area (Å²) in [6.45, 7) is 4.99. The largest absolute Gasteiger partial charge is 0.494 e. The highest BCUT2D eigenvalue weighted by atomic mass is 16.5. The Labute approximate surface area is 159 Å². The molecule has 0 atom stereocenters. The molecule has 0 aromatic heterocycles. The van der Waals surface area contributed by atoms with E-state index in [1.807, 2.05) is 25.1 Å². The number of amides is 1. The van der Waals surface area contributed by atoms with Gasteiger partial charge in [-0.25, -0.2) is 4.79 Å². The number of carbonyl (C=O) groups excluding carboxylic acids is 2. The molecule has 1 aliphatic rings. The molecule has 1 amide bonds. The first-order chi connectivity index (χ1) is 13.2. The zero-order chi connectivity index (χ0) is 19.1. The molecular formula is C21H24N2O4. The summed E-state index contributed by atoms with van der Waals surface area (Å²) in [4.78, 5) is 28.4. The molecule has 1 aliphatic heterocycles. The van der Waals surface area contributed by atoms with E-state index in [-0.39, 0.29) is 12.5 Å². The van der Waals surface area contributed by atoms with Crippen LogP contribution in [0.2, 0.25) is 0 Å². The molecule has 0 N–H and O–H groups in total. The molecular weight excluding hydrogens is 344 g/mol. The van der Waals surface area contributed by atoms with Crippen molar-refractivity contribution >= 4 is 17.6 Å².